The Hall–Kier alpha value is 0.540. The van der Waals surface area contributed by atoms with Gasteiger partial charge in [-0.1, -0.05) is 6.92 Å². The normalized spacial score (nSPS) is 17.2. The molecule has 0 saturated carbocycles. The summed E-state index contributed by atoms with van der Waals surface area (Å²) in [6.45, 7) is 4.94. The van der Waals surface area contributed by atoms with Gasteiger partial charge < -0.3 is 5.32 Å². The van der Waals surface area contributed by atoms with E-state index in [1.165, 1.54) is 12.2 Å². The minimum Gasteiger partial charge on any atom is -0.311 e. The van der Waals surface area contributed by atoms with Crippen LogP contribution in [0.15, 0.2) is 0 Å². The van der Waals surface area contributed by atoms with Gasteiger partial charge in [-0.05, 0) is 0 Å². The molecule has 1 fully saturated rings. The Morgan fingerprint density at radius 1 is 1.67 bits per heavy atom. The number of hydrazine groups is 1. The molecular weight excluding hydrogens is 194 g/mol. The van der Waals surface area contributed by atoms with Crippen molar-refractivity contribution in [3.63, 3.8) is 0 Å². The fourth-order valence-electron chi connectivity index (χ4n) is 0.705. The van der Waals surface area contributed by atoms with Crippen LogP contribution in [0.25, 0.3) is 0 Å². The topological polar surface area (TPSA) is 36.5 Å². The zero-order valence-electron chi connectivity index (χ0n) is 7.46. The fourth-order valence-corrected chi connectivity index (χ4v) is 1.27. The minimum absolute atomic E-state index is 0. The molecule has 0 aliphatic carbocycles. The second-order valence-corrected chi connectivity index (χ2v) is 3.35. The van der Waals surface area contributed by atoms with Gasteiger partial charge in [0, 0.05) is 26.7 Å². The quantitative estimate of drug-likeness (QED) is 0.383. The van der Waals surface area contributed by atoms with E-state index in [4.69, 9.17) is 4.18 Å². The second kappa shape index (κ2) is 6.99. The van der Waals surface area contributed by atoms with Gasteiger partial charge in [-0.3, -0.25) is 4.18 Å². The Balaban J connectivity index is 0.00000121. The summed E-state index contributed by atoms with van der Waals surface area (Å²) in [5.41, 5.74) is 3.10. The summed E-state index contributed by atoms with van der Waals surface area (Å²) in [6, 6.07) is 0. The molecule has 1 aliphatic heterocycles. The first-order valence-electron chi connectivity index (χ1n) is 3.84. The van der Waals surface area contributed by atoms with Gasteiger partial charge in [0.2, 0.25) is 0 Å². The fraction of sp³-hybridized carbons (Fsp3) is 1.00. The van der Waals surface area contributed by atoms with Crippen LogP contribution in [0.3, 0.4) is 0 Å². The molecule has 1 rings (SSSR count). The number of nitrogens with one attached hydrogen (secondary N) is 2. The number of rotatable bonds is 5. The largest absolute Gasteiger partial charge is 0.311 e. The lowest BCUT2D eigenvalue weighted by molar-refractivity contribution is 0.160. The van der Waals surface area contributed by atoms with Crippen LogP contribution in [0.1, 0.15) is 6.92 Å². The molecule has 0 aromatic rings. The van der Waals surface area contributed by atoms with E-state index in [0.29, 0.717) is 6.10 Å². The summed E-state index contributed by atoms with van der Waals surface area (Å²) in [6.07, 6.45) is 0.390. The van der Waals surface area contributed by atoms with Crippen LogP contribution in [0.2, 0.25) is 0 Å². The summed E-state index contributed by atoms with van der Waals surface area (Å²) in [4.78, 5) is 0. The van der Waals surface area contributed by atoms with E-state index in [9.17, 15) is 0 Å². The third-order valence-electron chi connectivity index (χ3n) is 1.42. The van der Waals surface area contributed by atoms with Gasteiger partial charge in [0.05, 0.1) is 18.3 Å². The number of hydrogen-bond acceptors (Lipinski definition) is 5. The van der Waals surface area contributed by atoms with Gasteiger partial charge in [0.15, 0.2) is 0 Å². The van der Waals surface area contributed by atoms with Crippen LogP contribution in [0.4, 0.5) is 0 Å². The lowest BCUT2D eigenvalue weighted by Gasteiger charge is -2.27. The highest BCUT2D eigenvalue weighted by Gasteiger charge is 2.18. The van der Waals surface area contributed by atoms with Crippen molar-refractivity contribution in [3.05, 3.63) is 0 Å². The van der Waals surface area contributed by atoms with Crippen LogP contribution in [0, 0.1) is 0 Å². The van der Waals surface area contributed by atoms with Crippen molar-refractivity contribution < 1.29 is 4.18 Å². The van der Waals surface area contributed by atoms with Crippen LogP contribution in [-0.2, 0) is 4.18 Å². The summed E-state index contributed by atoms with van der Waals surface area (Å²) in [5, 5.41) is 3.14. The molecule has 0 bridgehead atoms. The van der Waals surface area contributed by atoms with Crippen molar-refractivity contribution in [2.75, 3.05) is 26.7 Å². The van der Waals surface area contributed by atoms with Crippen molar-refractivity contribution in [1.82, 2.24) is 15.2 Å². The zero-order valence-corrected chi connectivity index (χ0v) is 9.28. The first-order valence-corrected chi connectivity index (χ1v) is 4.54. The molecule has 0 aromatic carbocycles. The zero-order chi connectivity index (χ0) is 8.10. The molecule has 0 atom stereocenters. The van der Waals surface area contributed by atoms with Gasteiger partial charge in [-0.15, -0.1) is 0 Å². The first-order chi connectivity index (χ1) is 5.33. The van der Waals surface area contributed by atoms with Gasteiger partial charge in [0.25, 0.3) is 0 Å². The Morgan fingerprint density at radius 3 is 2.75 bits per heavy atom. The highest BCUT2D eigenvalue weighted by atomic mass is 32.2. The summed E-state index contributed by atoms with van der Waals surface area (Å²) in [7, 11) is 1.94. The molecule has 6 heteroatoms. The molecule has 1 aliphatic rings. The molecule has 2 N–H and O–H groups in total. The van der Waals surface area contributed by atoms with Crippen molar-refractivity contribution >= 4 is 25.7 Å². The van der Waals surface area contributed by atoms with Gasteiger partial charge >= 0.3 is 0 Å². The Labute approximate surface area is 85.2 Å². The molecule has 0 spiro atoms. The van der Waals surface area contributed by atoms with E-state index >= 15 is 0 Å². The van der Waals surface area contributed by atoms with E-state index in [0.717, 1.165) is 19.6 Å². The first kappa shape index (κ1) is 12.5. The third kappa shape index (κ3) is 4.54. The average molecular weight is 211 g/mol. The van der Waals surface area contributed by atoms with Crippen LogP contribution < -0.4 is 10.7 Å². The Morgan fingerprint density at radius 2 is 2.33 bits per heavy atom. The van der Waals surface area contributed by atoms with E-state index < -0.39 is 0 Å². The summed E-state index contributed by atoms with van der Waals surface area (Å²) >= 11 is 1.37. The maximum atomic E-state index is 5.41. The monoisotopic (exact) mass is 211 g/mol. The highest BCUT2D eigenvalue weighted by molar-refractivity contribution is 7.92. The Bertz CT molecular complexity index is 113. The highest BCUT2D eigenvalue weighted by Crippen LogP contribution is 2.11. The smallest absolute Gasteiger partial charge is 0.0985 e. The lowest BCUT2D eigenvalue weighted by atomic mass is 10.2. The predicted molar refractivity (Wildman–Crippen MR) is 57.2 cm³/mol. The third-order valence-corrected chi connectivity index (χ3v) is 2.13. The average Bonchev–Trinajstić information content (AvgIpc) is 1.85. The number of nitrogens with zero attached hydrogens (tertiary/aromatic N) is 1. The van der Waals surface area contributed by atoms with Gasteiger partial charge in [0.1, 0.15) is 0 Å². The molecule has 0 amide bonds. The molecule has 0 unspecified atom stereocenters. The minimum atomic E-state index is 0. The summed E-state index contributed by atoms with van der Waals surface area (Å²) < 4.78 is 7.28. The summed E-state index contributed by atoms with van der Waals surface area (Å²) in [5.74, 6) is 0. The molecule has 74 valence electrons. The molecule has 12 heavy (non-hydrogen) atoms. The lowest BCUT2D eigenvalue weighted by Crippen LogP contribution is -2.48. The van der Waals surface area contributed by atoms with Crippen LogP contribution in [-0.4, -0.2) is 37.2 Å². The standard InChI is InChI=1S/C6H15N3OS.H2S/c1-3-8-9(2)11-10-6-4-7-5-6;/h6-8H,3-5H2,1-2H3;1H2. The Kier molecular flexibility index (Phi) is 7.31. The molecular formula is C6H17N3OS2. The van der Waals surface area contributed by atoms with Gasteiger partial charge in [-0.25, -0.2) is 5.43 Å². The maximum Gasteiger partial charge on any atom is 0.0985 e. The van der Waals surface area contributed by atoms with E-state index in [1.54, 1.807) is 0 Å². The van der Waals surface area contributed by atoms with E-state index in [1.807, 2.05) is 11.5 Å². The second-order valence-electron chi connectivity index (χ2n) is 2.46. The SMILES string of the molecule is CCNN(C)SOC1CNC1.S. The van der Waals surface area contributed by atoms with Crippen molar-refractivity contribution in [3.8, 4) is 0 Å². The molecule has 4 nitrogen and oxygen atoms in total. The van der Waals surface area contributed by atoms with E-state index in [2.05, 4.69) is 17.7 Å². The van der Waals surface area contributed by atoms with Crippen molar-refractivity contribution in [2.45, 2.75) is 13.0 Å². The van der Waals surface area contributed by atoms with E-state index in [-0.39, 0.29) is 13.5 Å². The molecule has 1 saturated heterocycles. The van der Waals surface area contributed by atoms with Crippen molar-refractivity contribution in [2.24, 2.45) is 0 Å². The van der Waals surface area contributed by atoms with Gasteiger partial charge in [-0.2, -0.15) is 17.9 Å². The number of hydrogen-bond donors (Lipinski definition) is 2. The molecule has 0 aromatic heterocycles. The van der Waals surface area contributed by atoms with Crippen LogP contribution >= 0.6 is 25.7 Å². The van der Waals surface area contributed by atoms with Crippen molar-refractivity contribution in [1.29, 1.82) is 0 Å². The maximum absolute atomic E-state index is 5.41. The molecule has 1 heterocycles. The molecule has 0 radical (unpaired) electrons. The van der Waals surface area contributed by atoms with Crippen LogP contribution in [0.5, 0.6) is 0 Å². The predicted octanol–water partition coefficient (Wildman–Crippen LogP) is 0.107.